The zero-order valence-electron chi connectivity index (χ0n) is 23.8. The van der Waals surface area contributed by atoms with E-state index in [4.69, 9.17) is 16.3 Å². The van der Waals surface area contributed by atoms with Gasteiger partial charge in [0.05, 0.1) is 28.4 Å². The van der Waals surface area contributed by atoms with Crippen molar-refractivity contribution in [2.24, 2.45) is 22.5 Å². The van der Waals surface area contributed by atoms with Crippen LogP contribution < -0.4 is 11.5 Å². The van der Waals surface area contributed by atoms with Crippen LogP contribution in [-0.4, -0.2) is 112 Å². The Hall–Kier alpha value is -3.78. The number of aliphatic hydroxyl groups is 3. The molecule has 13 heteroatoms. The summed E-state index contributed by atoms with van der Waals surface area (Å²) in [5.41, 5.74) is 7.78. The normalized spacial score (nSPS) is 28.2. The number of rotatable bonds is 8. The van der Waals surface area contributed by atoms with E-state index in [2.05, 4.69) is 5.16 Å². The van der Waals surface area contributed by atoms with Gasteiger partial charge in [-0.3, -0.25) is 19.3 Å². The molecule has 3 aliphatic carbocycles. The predicted molar refractivity (Wildman–Crippen MR) is 148 cm³/mol. The summed E-state index contributed by atoms with van der Waals surface area (Å²) < 4.78 is 0. The van der Waals surface area contributed by atoms with Crippen molar-refractivity contribution in [3.05, 3.63) is 51.5 Å². The smallest absolute Gasteiger partial charge is 0.255 e. The fraction of sp³-hybridized carbons (Fsp3) is 0.500. The van der Waals surface area contributed by atoms with E-state index in [9.17, 15) is 34.8 Å². The van der Waals surface area contributed by atoms with Crippen molar-refractivity contribution in [3.63, 3.8) is 0 Å². The van der Waals surface area contributed by atoms with Crippen LogP contribution in [0.2, 0.25) is 0 Å². The number of likely N-dealkylation sites (N-methyl/N-ethyl adjacent to an activating group) is 1. The second-order valence-electron chi connectivity index (χ2n) is 11.3. The predicted octanol–water partition coefficient (Wildman–Crippen LogP) is -0.106. The highest BCUT2D eigenvalue weighted by Gasteiger charge is 2.66. The number of primary amides is 1. The second-order valence-corrected chi connectivity index (χ2v) is 11.3. The summed E-state index contributed by atoms with van der Waals surface area (Å²) in [6.07, 6.45) is 0.111. The minimum Gasteiger partial charge on any atom is -0.510 e. The highest BCUT2D eigenvalue weighted by Crippen LogP contribution is 2.53. The third-order valence-corrected chi connectivity index (χ3v) is 8.16. The lowest BCUT2D eigenvalue weighted by Crippen LogP contribution is -2.68. The fourth-order valence-corrected chi connectivity index (χ4v) is 6.33. The molecule has 41 heavy (non-hydrogen) atoms. The molecule has 0 heterocycles. The molecule has 4 atom stereocenters. The number of nitrogens with zero attached hydrogens (tertiary/aromatic N) is 3. The van der Waals surface area contributed by atoms with Gasteiger partial charge >= 0.3 is 0 Å². The third-order valence-electron chi connectivity index (χ3n) is 8.16. The summed E-state index contributed by atoms with van der Waals surface area (Å²) in [6.45, 7) is 2.68. The maximum atomic E-state index is 14.0. The number of benzene rings is 1. The number of phenols is 1. The molecule has 0 saturated carbocycles. The van der Waals surface area contributed by atoms with E-state index >= 15 is 0 Å². The van der Waals surface area contributed by atoms with Crippen molar-refractivity contribution in [1.29, 1.82) is 0 Å². The standard InChI is InChI=1S/C28H37N5O8/c1-6-41-31-16(9-10-32(2)3)13-7-8-17(34)18-14(13)11-27(30)12-15-21(33(4)5)23(36)19(26(29)39)24(37)28(15,40)25(38)20(27)22(18)35/h7-8,15,21,34,36,38,40H,6,9-12,30H2,1-5H3,(H2,29,39)/b31-16-/t15-,21+,27+,28+/m0/s1. The molecule has 0 fully saturated rings. The van der Waals surface area contributed by atoms with Crippen LogP contribution in [0.15, 0.2) is 40.0 Å². The Kier molecular flexibility index (Phi) is 7.78. The van der Waals surface area contributed by atoms with Gasteiger partial charge in [-0.2, -0.15) is 0 Å². The molecule has 0 aromatic heterocycles. The average molecular weight is 572 g/mol. The maximum Gasteiger partial charge on any atom is 0.255 e. The van der Waals surface area contributed by atoms with Gasteiger partial charge < -0.3 is 41.6 Å². The number of hydrogen-bond donors (Lipinski definition) is 6. The number of ketones is 2. The summed E-state index contributed by atoms with van der Waals surface area (Å²) in [4.78, 5) is 48.4. The van der Waals surface area contributed by atoms with E-state index in [0.29, 0.717) is 36.4 Å². The van der Waals surface area contributed by atoms with E-state index < -0.39 is 63.2 Å². The number of phenolic OH excluding ortho intramolecular Hbond substituents is 1. The van der Waals surface area contributed by atoms with Crippen molar-refractivity contribution in [3.8, 4) is 5.75 Å². The molecule has 13 nitrogen and oxygen atoms in total. The molecule has 0 radical (unpaired) electrons. The molecule has 8 N–H and O–H groups in total. The Labute approximate surface area is 237 Å². The van der Waals surface area contributed by atoms with Crippen LogP contribution in [-0.2, 0) is 20.8 Å². The Balaban J connectivity index is 1.97. The van der Waals surface area contributed by atoms with E-state index in [1.807, 2.05) is 19.0 Å². The zero-order chi connectivity index (χ0) is 30.6. The van der Waals surface area contributed by atoms with Crippen molar-refractivity contribution in [1.82, 2.24) is 9.80 Å². The number of carbonyl (C=O) groups excluding carboxylic acids is 3. The minimum atomic E-state index is -2.78. The summed E-state index contributed by atoms with van der Waals surface area (Å²) in [5.74, 6) is -6.84. The number of hydrogen-bond acceptors (Lipinski definition) is 12. The van der Waals surface area contributed by atoms with Gasteiger partial charge in [0.15, 0.2) is 11.4 Å². The highest BCUT2D eigenvalue weighted by atomic mass is 16.6. The monoisotopic (exact) mass is 571 g/mol. The number of nitrogens with two attached hydrogens (primary N) is 2. The summed E-state index contributed by atoms with van der Waals surface area (Å²) >= 11 is 0. The van der Waals surface area contributed by atoms with Crippen LogP contribution in [0.1, 0.15) is 41.3 Å². The summed E-state index contributed by atoms with van der Waals surface area (Å²) in [5, 5.41) is 49.3. The molecular weight excluding hydrogens is 534 g/mol. The van der Waals surface area contributed by atoms with Crippen LogP contribution in [0.5, 0.6) is 5.75 Å². The number of oxime groups is 1. The first-order valence-electron chi connectivity index (χ1n) is 13.2. The Morgan fingerprint density at radius 2 is 1.83 bits per heavy atom. The molecular formula is C28H37N5O8. The van der Waals surface area contributed by atoms with Crippen LogP contribution >= 0.6 is 0 Å². The lowest BCUT2D eigenvalue weighted by atomic mass is 9.55. The topological polar surface area (TPSA) is 212 Å². The zero-order valence-corrected chi connectivity index (χ0v) is 23.8. The van der Waals surface area contributed by atoms with E-state index in [-0.39, 0.29) is 24.2 Å². The first kappa shape index (κ1) is 30.2. The van der Waals surface area contributed by atoms with E-state index in [1.54, 1.807) is 27.1 Å². The number of aromatic hydroxyl groups is 1. The molecule has 1 aromatic rings. The van der Waals surface area contributed by atoms with Crippen molar-refractivity contribution in [2.75, 3.05) is 41.3 Å². The molecule has 1 amide bonds. The first-order chi connectivity index (χ1) is 19.1. The third kappa shape index (κ3) is 4.58. The minimum absolute atomic E-state index is 0.0849. The van der Waals surface area contributed by atoms with Gasteiger partial charge in [-0.15, -0.1) is 0 Å². The molecule has 0 spiro atoms. The van der Waals surface area contributed by atoms with Gasteiger partial charge in [0.1, 0.15) is 29.4 Å². The van der Waals surface area contributed by atoms with Crippen LogP contribution in [0.3, 0.4) is 0 Å². The van der Waals surface area contributed by atoms with E-state index in [0.717, 1.165) is 0 Å². The van der Waals surface area contributed by atoms with Crippen LogP contribution in [0.25, 0.3) is 0 Å². The molecule has 0 saturated heterocycles. The van der Waals surface area contributed by atoms with Gasteiger partial charge in [0.25, 0.3) is 5.91 Å². The number of aliphatic hydroxyl groups excluding tert-OH is 2. The Morgan fingerprint density at radius 3 is 2.39 bits per heavy atom. The molecule has 222 valence electrons. The molecule has 0 unspecified atom stereocenters. The lowest BCUT2D eigenvalue weighted by molar-refractivity contribution is -0.148. The number of amides is 1. The van der Waals surface area contributed by atoms with Crippen molar-refractivity contribution >= 4 is 23.2 Å². The van der Waals surface area contributed by atoms with Crippen molar-refractivity contribution in [2.45, 2.75) is 43.4 Å². The quantitative estimate of drug-likeness (QED) is 0.138. The van der Waals surface area contributed by atoms with Gasteiger partial charge in [-0.1, -0.05) is 5.16 Å². The van der Waals surface area contributed by atoms with Gasteiger partial charge in [0.2, 0.25) is 5.78 Å². The SMILES string of the molecule is CCO/N=C(/CCN(C)C)c1ccc(O)c2c1C[C@@]1(N)C[C@H]3[C@@H](N(C)C)C(O)=C(C(N)=O)C(=O)[C@@]3(O)C(O)=C1C2=O. The lowest BCUT2D eigenvalue weighted by Gasteiger charge is -2.53. The number of Topliss-reactive ketones (excluding diaryl/α,β-unsaturated/α-hetero) is 2. The number of carbonyl (C=O) groups is 3. The van der Waals surface area contributed by atoms with E-state index in [1.165, 1.54) is 11.0 Å². The first-order valence-corrected chi connectivity index (χ1v) is 13.2. The highest BCUT2D eigenvalue weighted by molar-refractivity contribution is 6.25. The summed E-state index contributed by atoms with van der Waals surface area (Å²) in [7, 11) is 6.89. The number of fused-ring (bicyclic) bond motifs is 3. The van der Waals surface area contributed by atoms with Gasteiger partial charge in [-0.05, 0) is 65.7 Å². The molecule has 0 bridgehead atoms. The van der Waals surface area contributed by atoms with Gasteiger partial charge in [-0.25, -0.2) is 0 Å². The largest absolute Gasteiger partial charge is 0.510 e. The summed E-state index contributed by atoms with van der Waals surface area (Å²) in [6, 6.07) is 1.79. The second kappa shape index (κ2) is 10.6. The Morgan fingerprint density at radius 1 is 1.17 bits per heavy atom. The van der Waals surface area contributed by atoms with Gasteiger partial charge in [0, 0.05) is 24.4 Å². The fourth-order valence-electron chi connectivity index (χ4n) is 6.33. The van der Waals surface area contributed by atoms with Crippen LogP contribution in [0, 0.1) is 5.92 Å². The average Bonchev–Trinajstić information content (AvgIpc) is 2.86. The Bertz CT molecular complexity index is 1410. The molecule has 0 aliphatic heterocycles. The molecule has 3 aliphatic rings. The van der Waals surface area contributed by atoms with Crippen LogP contribution in [0.4, 0.5) is 0 Å². The molecule has 4 rings (SSSR count). The maximum absolute atomic E-state index is 14.0. The van der Waals surface area contributed by atoms with Crippen molar-refractivity contribution < 1.29 is 39.6 Å². The molecule has 1 aromatic carbocycles.